The number of halogens is 2. The number of hydrogen-bond donors (Lipinski definition) is 3. The fourth-order valence-corrected chi connectivity index (χ4v) is 2.56. The van der Waals surface area contributed by atoms with Crippen LogP contribution >= 0.6 is 0 Å². The number of carbonyl (C=O) groups is 1. The number of amides is 2. The number of imidazole rings is 1. The molecule has 3 aromatic rings. The number of benzene rings is 2. The fraction of sp³-hybridized carbons (Fsp3) is 0.222. The van der Waals surface area contributed by atoms with Crippen LogP contribution in [-0.2, 0) is 0 Å². The molecule has 1 atom stereocenters. The number of rotatable bonds is 4. The predicted octanol–water partition coefficient (Wildman–Crippen LogP) is 4.36. The second-order valence-corrected chi connectivity index (χ2v) is 6.08. The molecule has 0 fully saturated rings. The maximum absolute atomic E-state index is 13.7. The van der Waals surface area contributed by atoms with Crippen LogP contribution in [0.4, 0.5) is 19.3 Å². The Morgan fingerprint density at radius 3 is 2.60 bits per heavy atom. The van der Waals surface area contributed by atoms with Gasteiger partial charge in [0.2, 0.25) is 0 Å². The number of H-pyrrole nitrogens is 1. The van der Waals surface area contributed by atoms with Gasteiger partial charge in [-0.2, -0.15) is 0 Å². The van der Waals surface area contributed by atoms with Crippen molar-refractivity contribution in [2.75, 3.05) is 5.32 Å². The molecule has 0 aliphatic heterocycles. The van der Waals surface area contributed by atoms with E-state index >= 15 is 0 Å². The van der Waals surface area contributed by atoms with E-state index in [1.807, 2.05) is 38.1 Å². The summed E-state index contributed by atoms with van der Waals surface area (Å²) in [4.78, 5) is 19.9. The van der Waals surface area contributed by atoms with E-state index in [1.54, 1.807) is 0 Å². The van der Waals surface area contributed by atoms with Gasteiger partial charge in [0.15, 0.2) is 0 Å². The van der Waals surface area contributed by atoms with Gasteiger partial charge in [0, 0.05) is 6.07 Å². The Morgan fingerprint density at radius 2 is 1.92 bits per heavy atom. The molecule has 0 saturated carbocycles. The van der Waals surface area contributed by atoms with Crippen molar-refractivity contribution in [3.05, 3.63) is 59.9 Å². The highest BCUT2D eigenvalue weighted by Crippen LogP contribution is 2.22. The number of aromatic nitrogens is 2. The Hall–Kier alpha value is -2.96. The minimum Gasteiger partial charge on any atom is -0.340 e. The van der Waals surface area contributed by atoms with Gasteiger partial charge in [-0.05, 0) is 30.2 Å². The predicted molar refractivity (Wildman–Crippen MR) is 92.2 cm³/mol. The van der Waals surface area contributed by atoms with Crippen LogP contribution in [0.25, 0.3) is 11.0 Å². The smallest absolute Gasteiger partial charge is 0.319 e. The molecule has 5 nitrogen and oxygen atoms in total. The maximum Gasteiger partial charge on any atom is 0.319 e. The number of carbonyl (C=O) groups excluding carboxylic acids is 1. The van der Waals surface area contributed by atoms with Crippen molar-refractivity contribution >= 4 is 22.8 Å². The summed E-state index contributed by atoms with van der Waals surface area (Å²) in [6.45, 7) is 3.88. The lowest BCUT2D eigenvalue weighted by molar-refractivity contribution is 0.243. The van der Waals surface area contributed by atoms with Gasteiger partial charge in [-0.15, -0.1) is 0 Å². The Bertz CT molecular complexity index is 874. The van der Waals surface area contributed by atoms with Crippen molar-refractivity contribution in [1.29, 1.82) is 0 Å². The fourth-order valence-electron chi connectivity index (χ4n) is 2.56. The first-order chi connectivity index (χ1) is 11.9. The Labute approximate surface area is 143 Å². The molecule has 0 radical (unpaired) electrons. The van der Waals surface area contributed by atoms with E-state index in [9.17, 15) is 13.6 Å². The lowest BCUT2D eigenvalue weighted by atomic mass is 10.0. The molecule has 0 unspecified atom stereocenters. The van der Waals surface area contributed by atoms with Crippen molar-refractivity contribution in [3.8, 4) is 0 Å². The van der Waals surface area contributed by atoms with Crippen molar-refractivity contribution in [2.45, 2.75) is 19.9 Å². The molecule has 0 spiro atoms. The van der Waals surface area contributed by atoms with Crippen LogP contribution in [-0.4, -0.2) is 16.0 Å². The number of fused-ring (bicyclic) bond motifs is 1. The number of para-hydroxylation sites is 2. The molecule has 1 heterocycles. The summed E-state index contributed by atoms with van der Waals surface area (Å²) in [5, 5.41) is 5.17. The second-order valence-electron chi connectivity index (χ2n) is 6.08. The van der Waals surface area contributed by atoms with E-state index < -0.39 is 23.7 Å². The molecule has 1 aromatic heterocycles. The van der Waals surface area contributed by atoms with Gasteiger partial charge >= 0.3 is 6.03 Å². The SMILES string of the molecule is CC(C)[C@@H](NC(=O)Nc1ccc(F)cc1F)c1nc2ccccc2[nH]1. The van der Waals surface area contributed by atoms with E-state index in [0.717, 1.165) is 23.2 Å². The third-order valence-electron chi connectivity index (χ3n) is 3.83. The van der Waals surface area contributed by atoms with E-state index in [4.69, 9.17) is 0 Å². The van der Waals surface area contributed by atoms with Gasteiger partial charge in [0.1, 0.15) is 17.5 Å². The van der Waals surface area contributed by atoms with Crippen LogP contribution in [0.5, 0.6) is 0 Å². The molecule has 2 aromatic carbocycles. The van der Waals surface area contributed by atoms with Gasteiger partial charge in [-0.1, -0.05) is 26.0 Å². The third-order valence-corrected chi connectivity index (χ3v) is 3.83. The molecular weight excluding hydrogens is 326 g/mol. The second kappa shape index (κ2) is 6.88. The highest BCUT2D eigenvalue weighted by molar-refractivity contribution is 5.89. The molecule has 0 aliphatic carbocycles. The molecule has 0 saturated heterocycles. The zero-order chi connectivity index (χ0) is 18.0. The topological polar surface area (TPSA) is 69.8 Å². The standard InChI is InChI=1S/C18H18F2N4O/c1-10(2)16(17-21-14-5-3-4-6-15(14)22-17)24-18(25)23-13-8-7-11(19)9-12(13)20/h3-10,16H,1-2H3,(H,21,22)(H2,23,24,25)/t16-/m1/s1. The number of urea groups is 1. The monoisotopic (exact) mass is 344 g/mol. The number of hydrogen-bond acceptors (Lipinski definition) is 2. The van der Waals surface area contributed by atoms with E-state index in [0.29, 0.717) is 5.82 Å². The van der Waals surface area contributed by atoms with Crippen LogP contribution in [0.15, 0.2) is 42.5 Å². The number of nitrogens with zero attached hydrogens (tertiary/aromatic N) is 1. The Kier molecular flexibility index (Phi) is 4.65. The quantitative estimate of drug-likeness (QED) is 0.658. The van der Waals surface area contributed by atoms with Crippen molar-refractivity contribution in [3.63, 3.8) is 0 Å². The highest BCUT2D eigenvalue weighted by Gasteiger charge is 2.22. The zero-order valence-corrected chi connectivity index (χ0v) is 13.8. The van der Waals surface area contributed by atoms with Crippen LogP contribution in [0.1, 0.15) is 25.7 Å². The molecule has 0 bridgehead atoms. The lowest BCUT2D eigenvalue weighted by Crippen LogP contribution is -2.36. The van der Waals surface area contributed by atoms with Gasteiger partial charge in [-0.25, -0.2) is 18.6 Å². The lowest BCUT2D eigenvalue weighted by Gasteiger charge is -2.20. The van der Waals surface area contributed by atoms with Crippen molar-refractivity contribution in [2.24, 2.45) is 5.92 Å². The number of aromatic amines is 1. The number of nitrogens with one attached hydrogen (secondary N) is 3. The molecule has 3 rings (SSSR count). The van der Waals surface area contributed by atoms with Gasteiger partial charge < -0.3 is 15.6 Å². The molecule has 2 amide bonds. The summed E-state index contributed by atoms with van der Waals surface area (Å²) < 4.78 is 26.6. The molecule has 130 valence electrons. The van der Waals surface area contributed by atoms with Crippen molar-refractivity contribution < 1.29 is 13.6 Å². The third kappa shape index (κ3) is 3.76. The van der Waals surface area contributed by atoms with E-state index in [1.165, 1.54) is 6.07 Å². The zero-order valence-electron chi connectivity index (χ0n) is 13.8. The first-order valence-electron chi connectivity index (χ1n) is 7.91. The molecule has 0 aliphatic rings. The van der Waals surface area contributed by atoms with Crippen LogP contribution < -0.4 is 10.6 Å². The molecule has 7 heteroatoms. The van der Waals surface area contributed by atoms with E-state index in [-0.39, 0.29) is 11.6 Å². The maximum atomic E-state index is 13.7. The highest BCUT2D eigenvalue weighted by atomic mass is 19.1. The number of anilines is 1. The minimum atomic E-state index is -0.833. The van der Waals surface area contributed by atoms with Crippen LogP contribution in [0.2, 0.25) is 0 Å². The van der Waals surface area contributed by atoms with Crippen LogP contribution in [0, 0.1) is 17.6 Å². The van der Waals surface area contributed by atoms with Crippen LogP contribution in [0.3, 0.4) is 0 Å². The Morgan fingerprint density at radius 1 is 1.16 bits per heavy atom. The summed E-state index contributed by atoms with van der Waals surface area (Å²) in [6, 6.07) is 9.54. The molecule has 3 N–H and O–H groups in total. The summed E-state index contributed by atoms with van der Waals surface area (Å²) in [5.74, 6) is -0.874. The normalized spacial score (nSPS) is 12.4. The summed E-state index contributed by atoms with van der Waals surface area (Å²) >= 11 is 0. The largest absolute Gasteiger partial charge is 0.340 e. The minimum absolute atomic E-state index is 0.0457. The molecular formula is C18H18F2N4O. The van der Waals surface area contributed by atoms with Gasteiger partial charge in [0.05, 0.1) is 22.8 Å². The van der Waals surface area contributed by atoms with Gasteiger partial charge in [-0.3, -0.25) is 0 Å². The summed E-state index contributed by atoms with van der Waals surface area (Å²) in [6.07, 6.45) is 0. The summed E-state index contributed by atoms with van der Waals surface area (Å²) in [7, 11) is 0. The van der Waals surface area contributed by atoms with Crippen molar-refractivity contribution in [1.82, 2.24) is 15.3 Å². The molecule has 25 heavy (non-hydrogen) atoms. The average molecular weight is 344 g/mol. The van der Waals surface area contributed by atoms with E-state index in [2.05, 4.69) is 20.6 Å². The first-order valence-corrected chi connectivity index (χ1v) is 7.91. The summed E-state index contributed by atoms with van der Waals surface area (Å²) in [5.41, 5.74) is 1.58. The average Bonchev–Trinajstić information content (AvgIpc) is 2.98. The van der Waals surface area contributed by atoms with Gasteiger partial charge in [0.25, 0.3) is 0 Å². The Balaban J connectivity index is 1.78. The first kappa shape index (κ1) is 16.9.